The smallest absolute Gasteiger partial charge is 0.201 e. The number of hydrogen-bond acceptors (Lipinski definition) is 3. The van der Waals surface area contributed by atoms with Crippen LogP contribution in [-0.4, -0.2) is 5.11 Å². The van der Waals surface area contributed by atoms with Crippen LogP contribution in [-0.2, 0) is 0 Å². The minimum atomic E-state index is -0.0938. The van der Waals surface area contributed by atoms with Gasteiger partial charge in [0.15, 0.2) is 0 Å². The van der Waals surface area contributed by atoms with Gasteiger partial charge >= 0.3 is 0 Å². The van der Waals surface area contributed by atoms with Gasteiger partial charge in [-0.2, -0.15) is 0 Å². The normalized spacial score (nSPS) is 11.1. The Labute approximate surface area is 126 Å². The molecule has 4 aromatic rings. The average molecular weight is 288 g/mol. The summed E-state index contributed by atoms with van der Waals surface area (Å²) in [5, 5.41) is 11.8. The maximum absolute atomic E-state index is 12.9. The lowest BCUT2D eigenvalue weighted by molar-refractivity contribution is 0.476. The van der Waals surface area contributed by atoms with Crippen molar-refractivity contribution in [3.8, 4) is 16.9 Å². The van der Waals surface area contributed by atoms with Crippen molar-refractivity contribution in [1.82, 2.24) is 0 Å². The van der Waals surface area contributed by atoms with Gasteiger partial charge in [-0.05, 0) is 29.1 Å². The van der Waals surface area contributed by atoms with Crippen LogP contribution in [0.1, 0.15) is 0 Å². The Balaban J connectivity index is 2.16. The Morgan fingerprint density at radius 1 is 0.909 bits per heavy atom. The molecular formula is C19H12O3. The Bertz CT molecular complexity index is 1050. The van der Waals surface area contributed by atoms with Gasteiger partial charge in [-0.3, -0.25) is 4.79 Å². The molecule has 0 spiro atoms. The number of phenols is 1. The first-order valence-electron chi connectivity index (χ1n) is 6.97. The Morgan fingerprint density at radius 3 is 2.50 bits per heavy atom. The highest BCUT2D eigenvalue weighted by Gasteiger charge is 2.12. The molecule has 0 fully saturated rings. The third-order valence-electron chi connectivity index (χ3n) is 3.83. The highest BCUT2D eigenvalue weighted by Crippen LogP contribution is 2.28. The molecule has 22 heavy (non-hydrogen) atoms. The van der Waals surface area contributed by atoms with E-state index in [1.807, 2.05) is 36.4 Å². The molecule has 0 saturated carbocycles. The van der Waals surface area contributed by atoms with E-state index in [-0.39, 0.29) is 11.2 Å². The Kier molecular flexibility index (Phi) is 2.73. The van der Waals surface area contributed by atoms with Gasteiger partial charge in [-0.15, -0.1) is 0 Å². The third kappa shape index (κ3) is 1.87. The molecule has 1 aromatic heterocycles. The van der Waals surface area contributed by atoms with Gasteiger partial charge in [0.2, 0.25) is 5.43 Å². The number of fused-ring (bicyclic) bond motifs is 3. The van der Waals surface area contributed by atoms with Crippen molar-refractivity contribution in [2.75, 3.05) is 0 Å². The van der Waals surface area contributed by atoms with Crippen LogP contribution in [0.15, 0.2) is 76.1 Å². The molecule has 0 saturated heterocycles. The van der Waals surface area contributed by atoms with E-state index in [2.05, 4.69) is 0 Å². The molecule has 4 rings (SSSR count). The van der Waals surface area contributed by atoms with Crippen LogP contribution in [0.3, 0.4) is 0 Å². The van der Waals surface area contributed by atoms with Crippen LogP contribution in [0.5, 0.6) is 5.75 Å². The van der Waals surface area contributed by atoms with E-state index in [1.54, 1.807) is 24.3 Å². The summed E-state index contributed by atoms with van der Waals surface area (Å²) in [6.07, 6.45) is 1.49. The first kappa shape index (κ1) is 12.7. The second-order valence-electron chi connectivity index (χ2n) is 5.19. The molecule has 0 atom stereocenters. The largest absolute Gasteiger partial charge is 0.508 e. The minimum Gasteiger partial charge on any atom is -0.508 e. The summed E-state index contributed by atoms with van der Waals surface area (Å²) in [6.45, 7) is 0. The predicted molar refractivity (Wildman–Crippen MR) is 87.1 cm³/mol. The second kappa shape index (κ2) is 4.74. The molecule has 0 aliphatic carbocycles. The summed E-state index contributed by atoms with van der Waals surface area (Å²) >= 11 is 0. The fourth-order valence-corrected chi connectivity index (χ4v) is 2.75. The third-order valence-corrected chi connectivity index (χ3v) is 3.83. The molecule has 3 nitrogen and oxygen atoms in total. The standard InChI is InChI=1S/C19H12O3/c20-14-8-6-13-7-9-17-18(15(13)10-14)19(21)16(11-22-17)12-4-2-1-3-5-12/h1-11,20H. The lowest BCUT2D eigenvalue weighted by atomic mass is 10.0. The highest BCUT2D eigenvalue weighted by molar-refractivity contribution is 6.06. The summed E-state index contributed by atoms with van der Waals surface area (Å²) in [5.41, 5.74) is 1.76. The molecule has 1 N–H and O–H groups in total. The fourth-order valence-electron chi connectivity index (χ4n) is 2.75. The van der Waals surface area contributed by atoms with E-state index in [0.29, 0.717) is 21.9 Å². The van der Waals surface area contributed by atoms with Crippen LogP contribution < -0.4 is 5.43 Å². The Morgan fingerprint density at radius 2 is 1.68 bits per heavy atom. The molecule has 0 amide bonds. The SMILES string of the molecule is O=c1c(-c2ccccc2)coc2ccc3ccc(O)cc3c12. The van der Waals surface area contributed by atoms with Gasteiger partial charge in [0.1, 0.15) is 17.6 Å². The number of rotatable bonds is 1. The van der Waals surface area contributed by atoms with E-state index in [1.165, 1.54) is 6.26 Å². The zero-order valence-electron chi connectivity index (χ0n) is 11.6. The zero-order chi connectivity index (χ0) is 15.1. The van der Waals surface area contributed by atoms with Crippen molar-refractivity contribution < 1.29 is 9.52 Å². The summed E-state index contributed by atoms with van der Waals surface area (Å²) in [7, 11) is 0. The summed E-state index contributed by atoms with van der Waals surface area (Å²) < 4.78 is 5.64. The molecule has 0 unspecified atom stereocenters. The predicted octanol–water partition coefficient (Wildman–Crippen LogP) is 4.32. The van der Waals surface area contributed by atoms with E-state index in [9.17, 15) is 9.90 Å². The van der Waals surface area contributed by atoms with Crippen LogP contribution in [0.4, 0.5) is 0 Å². The van der Waals surface area contributed by atoms with Crippen LogP contribution in [0, 0.1) is 0 Å². The monoisotopic (exact) mass is 288 g/mol. The fraction of sp³-hybridized carbons (Fsp3) is 0. The number of hydrogen-bond donors (Lipinski definition) is 1. The van der Waals surface area contributed by atoms with Gasteiger partial charge in [-0.25, -0.2) is 0 Å². The van der Waals surface area contributed by atoms with Crippen molar-refractivity contribution in [1.29, 1.82) is 0 Å². The van der Waals surface area contributed by atoms with Crippen molar-refractivity contribution in [3.63, 3.8) is 0 Å². The molecule has 1 heterocycles. The first-order valence-corrected chi connectivity index (χ1v) is 6.97. The lowest BCUT2D eigenvalue weighted by Gasteiger charge is -2.06. The average Bonchev–Trinajstić information content (AvgIpc) is 2.55. The van der Waals surface area contributed by atoms with Crippen molar-refractivity contribution in [2.24, 2.45) is 0 Å². The van der Waals surface area contributed by atoms with Crippen molar-refractivity contribution in [2.45, 2.75) is 0 Å². The molecule has 106 valence electrons. The van der Waals surface area contributed by atoms with Crippen LogP contribution in [0.2, 0.25) is 0 Å². The molecule has 0 aliphatic heterocycles. The molecule has 3 aromatic carbocycles. The number of phenolic OH excluding ortho intramolecular Hbond substituents is 1. The van der Waals surface area contributed by atoms with Crippen LogP contribution in [0.25, 0.3) is 32.9 Å². The number of benzene rings is 3. The van der Waals surface area contributed by atoms with Gasteiger partial charge < -0.3 is 9.52 Å². The molecule has 0 radical (unpaired) electrons. The Hall–Kier alpha value is -3.07. The summed E-state index contributed by atoms with van der Waals surface area (Å²) in [6, 6.07) is 18.1. The topological polar surface area (TPSA) is 50.4 Å². The highest BCUT2D eigenvalue weighted by atomic mass is 16.3. The number of aromatic hydroxyl groups is 1. The van der Waals surface area contributed by atoms with E-state index < -0.39 is 0 Å². The zero-order valence-corrected chi connectivity index (χ0v) is 11.6. The molecule has 3 heteroatoms. The van der Waals surface area contributed by atoms with E-state index in [0.717, 1.165) is 10.9 Å². The molecule has 0 bridgehead atoms. The first-order chi connectivity index (χ1) is 10.7. The maximum Gasteiger partial charge on any atom is 0.201 e. The quantitative estimate of drug-likeness (QED) is 0.531. The van der Waals surface area contributed by atoms with Gasteiger partial charge in [0.25, 0.3) is 0 Å². The summed E-state index contributed by atoms with van der Waals surface area (Å²) in [4.78, 5) is 12.9. The molecule has 0 aliphatic rings. The van der Waals surface area contributed by atoms with Gasteiger partial charge in [0.05, 0.1) is 10.9 Å². The van der Waals surface area contributed by atoms with E-state index in [4.69, 9.17) is 4.42 Å². The maximum atomic E-state index is 12.9. The van der Waals surface area contributed by atoms with Crippen molar-refractivity contribution >= 4 is 21.7 Å². The van der Waals surface area contributed by atoms with Crippen LogP contribution >= 0.6 is 0 Å². The lowest BCUT2D eigenvalue weighted by Crippen LogP contribution is -2.05. The second-order valence-corrected chi connectivity index (χ2v) is 5.19. The summed E-state index contributed by atoms with van der Waals surface area (Å²) in [5.74, 6) is 0.129. The minimum absolute atomic E-state index is 0.0938. The molecular weight excluding hydrogens is 276 g/mol. The van der Waals surface area contributed by atoms with Gasteiger partial charge in [0, 0.05) is 5.39 Å². The van der Waals surface area contributed by atoms with Gasteiger partial charge in [-0.1, -0.05) is 42.5 Å². The van der Waals surface area contributed by atoms with E-state index >= 15 is 0 Å². The van der Waals surface area contributed by atoms with Crippen molar-refractivity contribution in [3.05, 3.63) is 77.2 Å².